The Morgan fingerprint density at radius 1 is 1.31 bits per heavy atom. The molecule has 1 amide bonds. The van der Waals surface area contributed by atoms with E-state index in [0.717, 1.165) is 5.56 Å². The van der Waals surface area contributed by atoms with E-state index in [1.165, 1.54) is 12.0 Å². The molecule has 0 fully saturated rings. The quantitative estimate of drug-likeness (QED) is 0.672. The molecule has 1 aromatic heterocycles. The topological polar surface area (TPSA) is 106 Å². The first-order chi connectivity index (χ1) is 12.5. The number of rotatable bonds is 10. The maximum atomic E-state index is 12.2. The molecule has 2 rings (SSSR count). The van der Waals surface area contributed by atoms with Crippen molar-refractivity contribution in [3.05, 3.63) is 35.2 Å². The molecule has 1 aromatic carbocycles. The predicted octanol–water partition coefficient (Wildman–Crippen LogP) is 2.27. The highest BCUT2D eigenvalue weighted by atomic mass is 35.5. The average molecular weight is 382 g/mol. The van der Waals surface area contributed by atoms with E-state index in [1.54, 1.807) is 24.3 Å². The van der Waals surface area contributed by atoms with Crippen molar-refractivity contribution >= 4 is 23.5 Å². The fourth-order valence-corrected chi connectivity index (χ4v) is 2.40. The van der Waals surface area contributed by atoms with Crippen LogP contribution in [0.4, 0.5) is 0 Å². The maximum Gasteiger partial charge on any atom is 0.323 e. The molecule has 0 aliphatic rings. The van der Waals surface area contributed by atoms with Crippen molar-refractivity contribution in [1.82, 2.24) is 15.0 Å². The third-order valence-corrected chi connectivity index (χ3v) is 3.85. The summed E-state index contributed by atoms with van der Waals surface area (Å²) in [7, 11) is 1.50. The number of aromatic nitrogens is 2. The second-order valence-corrected chi connectivity index (χ2v) is 6.01. The molecule has 9 heteroatoms. The summed E-state index contributed by atoms with van der Waals surface area (Å²) in [6.45, 7) is 0.180. The Morgan fingerprint density at radius 2 is 2.04 bits per heavy atom. The van der Waals surface area contributed by atoms with E-state index in [2.05, 4.69) is 10.1 Å². The average Bonchev–Trinajstić information content (AvgIpc) is 3.07. The zero-order valence-electron chi connectivity index (χ0n) is 14.4. The number of carbonyl (C=O) groups is 2. The number of hydrogen-bond donors (Lipinski definition) is 1. The van der Waals surface area contributed by atoms with Crippen molar-refractivity contribution in [3.8, 4) is 11.4 Å². The van der Waals surface area contributed by atoms with Gasteiger partial charge < -0.3 is 19.3 Å². The molecule has 2 aromatic rings. The molecule has 0 aliphatic heterocycles. The minimum Gasteiger partial charge on any atom is -0.480 e. The second kappa shape index (κ2) is 9.88. The SMILES string of the molecule is COCCN(CC(=O)O)C(=O)CCCc1nc(-c2ccc(Cl)cc2)no1. The van der Waals surface area contributed by atoms with Crippen molar-refractivity contribution in [3.63, 3.8) is 0 Å². The number of nitrogens with zero attached hydrogens (tertiary/aromatic N) is 3. The summed E-state index contributed by atoms with van der Waals surface area (Å²) >= 11 is 5.85. The van der Waals surface area contributed by atoms with Gasteiger partial charge in [0.2, 0.25) is 17.6 Å². The molecule has 1 heterocycles. The van der Waals surface area contributed by atoms with Crippen LogP contribution >= 0.6 is 11.6 Å². The molecule has 0 saturated heterocycles. The lowest BCUT2D eigenvalue weighted by molar-refractivity contribution is -0.144. The summed E-state index contributed by atoms with van der Waals surface area (Å²) in [5.41, 5.74) is 0.785. The lowest BCUT2D eigenvalue weighted by Crippen LogP contribution is -2.37. The fourth-order valence-electron chi connectivity index (χ4n) is 2.28. The van der Waals surface area contributed by atoms with E-state index in [0.29, 0.717) is 29.6 Å². The Bertz CT molecular complexity index is 732. The standard InChI is InChI=1S/C17H20ClN3O5/c1-25-10-9-21(11-16(23)24)15(22)4-2-3-14-19-17(20-26-14)12-5-7-13(18)8-6-12/h5-8H,2-4,9-11H2,1H3,(H,23,24). The van der Waals surface area contributed by atoms with Crippen LogP contribution in [0.25, 0.3) is 11.4 Å². The molecule has 1 N–H and O–H groups in total. The van der Waals surface area contributed by atoms with Crippen molar-refractivity contribution < 1.29 is 24.0 Å². The number of aryl methyl sites for hydroxylation is 1. The Morgan fingerprint density at radius 3 is 2.69 bits per heavy atom. The normalized spacial score (nSPS) is 10.7. The van der Waals surface area contributed by atoms with Crippen molar-refractivity contribution in [2.24, 2.45) is 0 Å². The molecule has 0 saturated carbocycles. The number of aliphatic carboxylic acids is 1. The number of amides is 1. The molecule has 0 unspecified atom stereocenters. The monoisotopic (exact) mass is 381 g/mol. The summed E-state index contributed by atoms with van der Waals surface area (Å²) in [4.78, 5) is 28.6. The Hall–Kier alpha value is -2.45. The third kappa shape index (κ3) is 6.12. The molecule has 140 valence electrons. The van der Waals surface area contributed by atoms with Gasteiger partial charge in [-0.15, -0.1) is 0 Å². The van der Waals surface area contributed by atoms with E-state index in [1.807, 2.05) is 0 Å². The molecule has 0 atom stereocenters. The highest BCUT2D eigenvalue weighted by Gasteiger charge is 2.17. The molecule has 8 nitrogen and oxygen atoms in total. The molecule has 0 aliphatic carbocycles. The summed E-state index contributed by atoms with van der Waals surface area (Å²) in [5, 5.41) is 13.4. The van der Waals surface area contributed by atoms with Gasteiger partial charge in [0.15, 0.2) is 0 Å². The van der Waals surface area contributed by atoms with Crippen molar-refractivity contribution in [1.29, 1.82) is 0 Å². The number of hydrogen-bond acceptors (Lipinski definition) is 6. The van der Waals surface area contributed by atoms with E-state index in [4.69, 9.17) is 26.0 Å². The highest BCUT2D eigenvalue weighted by molar-refractivity contribution is 6.30. The van der Waals surface area contributed by atoms with Crippen LogP contribution in [-0.2, 0) is 20.7 Å². The van der Waals surface area contributed by atoms with Crippen LogP contribution in [0.3, 0.4) is 0 Å². The van der Waals surface area contributed by atoms with E-state index >= 15 is 0 Å². The fraction of sp³-hybridized carbons (Fsp3) is 0.412. The van der Waals surface area contributed by atoms with Crippen LogP contribution in [0.15, 0.2) is 28.8 Å². The van der Waals surface area contributed by atoms with Crippen molar-refractivity contribution in [2.45, 2.75) is 19.3 Å². The van der Waals surface area contributed by atoms with Crippen LogP contribution in [0.5, 0.6) is 0 Å². The molecular formula is C17H20ClN3O5. The molecule has 0 radical (unpaired) electrons. The zero-order chi connectivity index (χ0) is 18.9. The van der Waals surface area contributed by atoms with Crippen LogP contribution in [0.1, 0.15) is 18.7 Å². The number of ether oxygens (including phenoxy) is 1. The van der Waals surface area contributed by atoms with Gasteiger partial charge in [0, 0.05) is 37.1 Å². The van der Waals surface area contributed by atoms with E-state index in [-0.39, 0.29) is 32.0 Å². The van der Waals surface area contributed by atoms with Gasteiger partial charge in [-0.25, -0.2) is 0 Å². The first-order valence-corrected chi connectivity index (χ1v) is 8.44. The Kier molecular flexibility index (Phi) is 7.55. The Labute approximate surface area is 155 Å². The number of carboxylic acids is 1. The maximum absolute atomic E-state index is 12.2. The third-order valence-electron chi connectivity index (χ3n) is 3.60. The van der Waals surface area contributed by atoms with Crippen LogP contribution in [-0.4, -0.2) is 58.8 Å². The number of benzene rings is 1. The summed E-state index contributed by atoms with van der Waals surface area (Å²) in [5.74, 6) is -0.430. The van der Waals surface area contributed by atoms with Gasteiger partial charge in [0.25, 0.3) is 0 Å². The van der Waals surface area contributed by atoms with Gasteiger partial charge >= 0.3 is 5.97 Å². The van der Waals surface area contributed by atoms with E-state index < -0.39 is 5.97 Å². The number of carbonyl (C=O) groups excluding carboxylic acids is 1. The van der Waals surface area contributed by atoms with Crippen LogP contribution in [0, 0.1) is 0 Å². The molecule has 26 heavy (non-hydrogen) atoms. The molecular weight excluding hydrogens is 362 g/mol. The van der Waals surface area contributed by atoms with Gasteiger partial charge in [0.05, 0.1) is 6.61 Å². The largest absolute Gasteiger partial charge is 0.480 e. The number of methoxy groups -OCH3 is 1. The minimum absolute atomic E-state index is 0.190. The molecule has 0 bridgehead atoms. The number of carboxylic acid groups (broad SMARTS) is 1. The minimum atomic E-state index is -1.06. The van der Waals surface area contributed by atoms with Gasteiger partial charge in [0.1, 0.15) is 6.54 Å². The number of halogens is 1. The zero-order valence-corrected chi connectivity index (χ0v) is 15.1. The summed E-state index contributed by atoms with van der Waals surface area (Å²) < 4.78 is 10.1. The summed E-state index contributed by atoms with van der Waals surface area (Å²) in [6, 6.07) is 7.06. The van der Waals surface area contributed by atoms with Gasteiger partial charge in [-0.1, -0.05) is 16.8 Å². The van der Waals surface area contributed by atoms with Crippen LogP contribution < -0.4 is 0 Å². The van der Waals surface area contributed by atoms with Crippen LogP contribution in [0.2, 0.25) is 5.02 Å². The van der Waals surface area contributed by atoms with Gasteiger partial charge in [-0.2, -0.15) is 4.98 Å². The first-order valence-electron chi connectivity index (χ1n) is 8.06. The predicted molar refractivity (Wildman–Crippen MR) is 93.8 cm³/mol. The van der Waals surface area contributed by atoms with Gasteiger partial charge in [-0.05, 0) is 30.7 Å². The lowest BCUT2D eigenvalue weighted by atomic mass is 10.2. The van der Waals surface area contributed by atoms with Gasteiger partial charge in [-0.3, -0.25) is 9.59 Å². The van der Waals surface area contributed by atoms with E-state index in [9.17, 15) is 9.59 Å². The second-order valence-electron chi connectivity index (χ2n) is 5.57. The first kappa shape index (κ1) is 19.9. The Balaban J connectivity index is 1.85. The summed E-state index contributed by atoms with van der Waals surface area (Å²) in [6.07, 6.45) is 1.09. The smallest absolute Gasteiger partial charge is 0.323 e. The molecule has 0 spiro atoms. The van der Waals surface area contributed by atoms with Crippen molar-refractivity contribution in [2.75, 3.05) is 26.8 Å². The lowest BCUT2D eigenvalue weighted by Gasteiger charge is -2.20. The highest BCUT2D eigenvalue weighted by Crippen LogP contribution is 2.19.